The lowest BCUT2D eigenvalue weighted by Crippen LogP contribution is -2.54. The molecule has 0 aliphatic carbocycles. The van der Waals surface area contributed by atoms with E-state index in [1.54, 1.807) is 6.92 Å². The van der Waals surface area contributed by atoms with Gasteiger partial charge in [-0.2, -0.15) is 0 Å². The SMILES string of the molecule is CCCCC1(C)CC2(C)OC(=O)C1=C([O-])O2. The highest BCUT2D eigenvalue weighted by Crippen LogP contribution is 2.51. The zero-order chi connectivity index (χ0) is 12.0. The molecule has 2 atom stereocenters. The Kier molecular flexibility index (Phi) is 2.40. The van der Waals surface area contributed by atoms with Gasteiger partial charge in [-0.25, -0.2) is 4.79 Å². The fraction of sp³-hybridized carbons (Fsp3) is 0.750. The summed E-state index contributed by atoms with van der Waals surface area (Å²) < 4.78 is 10.2. The number of ether oxygens (including phenoxy) is 2. The van der Waals surface area contributed by atoms with Crippen molar-refractivity contribution in [2.45, 2.75) is 52.2 Å². The van der Waals surface area contributed by atoms with Crippen molar-refractivity contribution in [3.63, 3.8) is 0 Å². The molecule has 2 bridgehead atoms. The summed E-state index contributed by atoms with van der Waals surface area (Å²) >= 11 is 0. The normalized spacial score (nSPS) is 37.3. The van der Waals surface area contributed by atoms with Gasteiger partial charge >= 0.3 is 5.97 Å². The van der Waals surface area contributed by atoms with Crippen molar-refractivity contribution < 1.29 is 19.4 Å². The average Bonchev–Trinajstić information content (AvgIpc) is 2.10. The van der Waals surface area contributed by atoms with Crippen LogP contribution in [-0.4, -0.2) is 11.8 Å². The van der Waals surface area contributed by atoms with Gasteiger partial charge in [0.05, 0.1) is 11.5 Å². The van der Waals surface area contributed by atoms with Gasteiger partial charge in [-0.3, -0.25) is 0 Å². The number of carbonyl (C=O) groups is 1. The largest absolute Gasteiger partial charge is 0.575 e. The molecule has 3 aliphatic heterocycles. The van der Waals surface area contributed by atoms with Crippen LogP contribution in [0.5, 0.6) is 0 Å². The van der Waals surface area contributed by atoms with Gasteiger partial charge in [0.2, 0.25) is 0 Å². The van der Waals surface area contributed by atoms with Crippen molar-refractivity contribution >= 4 is 5.97 Å². The molecule has 3 rings (SSSR count). The van der Waals surface area contributed by atoms with E-state index in [0.29, 0.717) is 6.42 Å². The fourth-order valence-electron chi connectivity index (χ4n) is 2.74. The molecular formula is C12H17O4-. The smallest absolute Gasteiger partial charge is 0.337 e. The Morgan fingerprint density at radius 2 is 2.06 bits per heavy atom. The Balaban J connectivity index is 2.36. The number of rotatable bonds is 3. The predicted molar refractivity (Wildman–Crippen MR) is 54.9 cm³/mol. The number of unbranched alkanes of at least 4 members (excludes halogenated alkanes) is 1. The second kappa shape index (κ2) is 3.40. The molecule has 1 fully saturated rings. The molecule has 16 heavy (non-hydrogen) atoms. The summed E-state index contributed by atoms with van der Waals surface area (Å²) in [7, 11) is 0. The maximum Gasteiger partial charge on any atom is 0.337 e. The highest BCUT2D eigenvalue weighted by Gasteiger charge is 2.51. The number of carbonyl (C=O) groups excluding carboxylic acids is 1. The van der Waals surface area contributed by atoms with Crippen LogP contribution < -0.4 is 5.11 Å². The Morgan fingerprint density at radius 3 is 2.56 bits per heavy atom. The first-order valence-electron chi connectivity index (χ1n) is 5.74. The maximum absolute atomic E-state index is 11.7. The number of hydrogen-bond donors (Lipinski definition) is 0. The zero-order valence-corrected chi connectivity index (χ0v) is 9.96. The summed E-state index contributed by atoms with van der Waals surface area (Å²) in [5.74, 6) is -2.05. The highest BCUT2D eigenvalue weighted by atomic mass is 16.8. The van der Waals surface area contributed by atoms with Gasteiger partial charge in [-0.05, 0) is 13.3 Å². The minimum atomic E-state index is -1.06. The molecule has 4 nitrogen and oxygen atoms in total. The molecule has 90 valence electrons. The molecule has 3 heterocycles. The molecule has 1 saturated heterocycles. The molecule has 3 aliphatic rings. The molecule has 0 amide bonds. The van der Waals surface area contributed by atoms with E-state index in [1.807, 2.05) is 6.92 Å². The van der Waals surface area contributed by atoms with E-state index in [2.05, 4.69) is 6.92 Å². The van der Waals surface area contributed by atoms with Gasteiger partial charge in [0, 0.05) is 11.8 Å². The Morgan fingerprint density at radius 1 is 1.38 bits per heavy atom. The van der Waals surface area contributed by atoms with E-state index >= 15 is 0 Å². The first kappa shape index (κ1) is 11.3. The lowest BCUT2D eigenvalue weighted by Gasteiger charge is -2.54. The summed E-state index contributed by atoms with van der Waals surface area (Å²) in [6, 6.07) is 0. The third-order valence-corrected chi connectivity index (χ3v) is 3.42. The Labute approximate surface area is 95.2 Å². The van der Waals surface area contributed by atoms with Crippen molar-refractivity contribution in [2.24, 2.45) is 5.41 Å². The van der Waals surface area contributed by atoms with Crippen molar-refractivity contribution in [3.05, 3.63) is 11.5 Å². The molecule has 0 N–H and O–H groups in total. The Bertz CT molecular complexity index is 360. The molecule has 4 heteroatoms. The predicted octanol–water partition coefficient (Wildman–Crippen LogP) is 1.45. The maximum atomic E-state index is 11.7. The van der Waals surface area contributed by atoms with Gasteiger partial charge in [0.15, 0.2) is 5.79 Å². The van der Waals surface area contributed by atoms with Crippen LogP contribution in [-0.2, 0) is 14.3 Å². The lowest BCUT2D eigenvalue weighted by molar-refractivity contribution is -0.409. The molecule has 0 aromatic rings. The van der Waals surface area contributed by atoms with Crippen LogP contribution in [0.4, 0.5) is 0 Å². The topological polar surface area (TPSA) is 58.6 Å². The lowest BCUT2D eigenvalue weighted by atomic mass is 9.70. The van der Waals surface area contributed by atoms with Crippen LogP contribution in [0.15, 0.2) is 11.5 Å². The minimum Gasteiger partial charge on any atom is -0.575 e. The molecule has 0 radical (unpaired) electrons. The third kappa shape index (κ3) is 1.56. The summed E-state index contributed by atoms with van der Waals surface area (Å²) in [5, 5.41) is 11.7. The van der Waals surface area contributed by atoms with Gasteiger partial charge in [-0.15, -0.1) is 0 Å². The third-order valence-electron chi connectivity index (χ3n) is 3.42. The standard InChI is InChI=1S/C12H18O4/c1-4-5-6-11(2)7-12(3)15-9(13)8(11)10(14)16-12/h13H,4-7H2,1-3H3/p-1. The number of fused-ring (bicyclic) bond motifs is 3. The first-order chi connectivity index (χ1) is 7.40. The quantitative estimate of drug-likeness (QED) is 0.682. The van der Waals surface area contributed by atoms with Crippen molar-refractivity contribution in [2.75, 3.05) is 0 Å². The molecule has 2 unspecified atom stereocenters. The van der Waals surface area contributed by atoms with Crippen molar-refractivity contribution in [3.8, 4) is 0 Å². The fourth-order valence-corrected chi connectivity index (χ4v) is 2.74. The van der Waals surface area contributed by atoms with E-state index in [-0.39, 0.29) is 11.0 Å². The molecule has 0 spiro atoms. The van der Waals surface area contributed by atoms with Gasteiger partial charge in [0.25, 0.3) is 0 Å². The summed E-state index contributed by atoms with van der Waals surface area (Å²) in [6.45, 7) is 5.70. The van der Waals surface area contributed by atoms with Crippen LogP contribution in [0.1, 0.15) is 46.5 Å². The first-order valence-corrected chi connectivity index (χ1v) is 5.74. The second-order valence-corrected chi connectivity index (χ2v) is 5.13. The highest BCUT2D eigenvalue weighted by molar-refractivity contribution is 5.92. The number of esters is 1. The van der Waals surface area contributed by atoms with E-state index in [0.717, 1.165) is 19.3 Å². The molecule has 0 saturated carbocycles. The van der Waals surface area contributed by atoms with E-state index in [9.17, 15) is 9.90 Å². The van der Waals surface area contributed by atoms with E-state index in [1.165, 1.54) is 0 Å². The molecule has 0 aromatic heterocycles. The van der Waals surface area contributed by atoms with E-state index < -0.39 is 17.7 Å². The van der Waals surface area contributed by atoms with Gasteiger partial charge in [-0.1, -0.05) is 26.7 Å². The monoisotopic (exact) mass is 225 g/mol. The van der Waals surface area contributed by atoms with Crippen LogP contribution >= 0.6 is 0 Å². The van der Waals surface area contributed by atoms with Crippen LogP contribution in [0.2, 0.25) is 0 Å². The molecule has 0 aromatic carbocycles. The van der Waals surface area contributed by atoms with Crippen molar-refractivity contribution in [1.29, 1.82) is 0 Å². The van der Waals surface area contributed by atoms with E-state index in [4.69, 9.17) is 9.47 Å². The minimum absolute atomic E-state index is 0.199. The van der Waals surface area contributed by atoms with Gasteiger partial charge in [0.1, 0.15) is 0 Å². The summed E-state index contributed by atoms with van der Waals surface area (Å²) in [5.41, 5.74) is -0.181. The van der Waals surface area contributed by atoms with Crippen LogP contribution in [0.25, 0.3) is 0 Å². The zero-order valence-electron chi connectivity index (χ0n) is 9.96. The van der Waals surface area contributed by atoms with Crippen molar-refractivity contribution in [1.82, 2.24) is 0 Å². The summed E-state index contributed by atoms with van der Waals surface area (Å²) in [6.07, 6.45) is 3.45. The van der Waals surface area contributed by atoms with Crippen LogP contribution in [0, 0.1) is 5.41 Å². The second-order valence-electron chi connectivity index (χ2n) is 5.13. The number of hydrogen-bond acceptors (Lipinski definition) is 4. The Hall–Kier alpha value is -1.19. The summed E-state index contributed by atoms with van der Waals surface area (Å²) in [4.78, 5) is 11.7. The average molecular weight is 225 g/mol. The molecular weight excluding hydrogens is 208 g/mol. The van der Waals surface area contributed by atoms with Gasteiger partial charge < -0.3 is 14.6 Å². The van der Waals surface area contributed by atoms with Crippen LogP contribution in [0.3, 0.4) is 0 Å².